The molecule has 1 aliphatic heterocycles. The van der Waals surface area contributed by atoms with E-state index in [1.807, 2.05) is 0 Å². The van der Waals surface area contributed by atoms with E-state index in [1.165, 1.54) is 0 Å². The van der Waals surface area contributed by atoms with Crippen LogP contribution in [0.2, 0.25) is 0 Å². The van der Waals surface area contributed by atoms with Crippen molar-refractivity contribution in [2.24, 2.45) is 0 Å². The summed E-state index contributed by atoms with van der Waals surface area (Å²) in [5.74, 6) is -2.63. The third kappa shape index (κ3) is 4.63. The molecular formula is C18H23BF4O4. The van der Waals surface area contributed by atoms with Gasteiger partial charge in [0.05, 0.1) is 29.8 Å². The molecule has 1 saturated heterocycles. The van der Waals surface area contributed by atoms with E-state index < -0.39 is 47.7 Å². The lowest BCUT2D eigenvalue weighted by Gasteiger charge is -2.32. The molecule has 27 heavy (non-hydrogen) atoms. The lowest BCUT2D eigenvalue weighted by Crippen LogP contribution is -2.41. The van der Waals surface area contributed by atoms with Crippen molar-refractivity contribution in [3.8, 4) is 0 Å². The average molecular weight is 390 g/mol. The Balaban J connectivity index is 2.47. The molecule has 1 unspecified atom stereocenters. The fourth-order valence-corrected chi connectivity index (χ4v) is 2.81. The molecular weight excluding hydrogens is 367 g/mol. The highest BCUT2D eigenvalue weighted by Gasteiger charge is 2.55. The molecule has 1 heterocycles. The monoisotopic (exact) mass is 390 g/mol. The summed E-state index contributed by atoms with van der Waals surface area (Å²) in [5, 5.41) is 0. The topological polar surface area (TPSA) is 44.8 Å². The predicted molar refractivity (Wildman–Crippen MR) is 91.5 cm³/mol. The molecule has 150 valence electrons. The van der Waals surface area contributed by atoms with E-state index in [0.29, 0.717) is 12.1 Å². The third-order valence-electron chi connectivity index (χ3n) is 5.01. The molecule has 0 amide bonds. The Labute approximate surface area is 156 Å². The zero-order chi connectivity index (χ0) is 20.6. The average Bonchev–Trinajstić information content (AvgIpc) is 2.73. The Kier molecular flexibility index (Phi) is 5.97. The van der Waals surface area contributed by atoms with Gasteiger partial charge in [-0.2, -0.15) is 13.2 Å². The van der Waals surface area contributed by atoms with Crippen LogP contribution >= 0.6 is 0 Å². The van der Waals surface area contributed by atoms with Gasteiger partial charge in [0, 0.05) is 5.82 Å². The Bertz CT molecular complexity index is 687. The highest BCUT2D eigenvalue weighted by molar-refractivity contribution is 6.48. The zero-order valence-electron chi connectivity index (χ0n) is 15.9. The Morgan fingerprint density at radius 3 is 2.22 bits per heavy atom. The molecule has 0 N–H and O–H groups in total. The van der Waals surface area contributed by atoms with Gasteiger partial charge in [0.1, 0.15) is 5.82 Å². The van der Waals surface area contributed by atoms with Crippen LogP contribution in [-0.2, 0) is 25.0 Å². The van der Waals surface area contributed by atoms with Crippen molar-refractivity contribution in [3.05, 3.63) is 35.1 Å². The summed E-state index contributed by atoms with van der Waals surface area (Å²) in [4.78, 5) is 12.0. The standard InChI is InChI=1S/C18H23BF4O4/c1-6-25-15(24)10-13(19-26-16(2,3)17(4,5)27-19)12-9-11(18(21,22)23)7-8-14(12)20/h7-9,13H,6,10H2,1-5H3. The molecule has 0 saturated carbocycles. The molecule has 1 fully saturated rings. The normalized spacial score (nSPS) is 19.8. The van der Waals surface area contributed by atoms with Crippen LogP contribution in [0.1, 0.15) is 58.0 Å². The Morgan fingerprint density at radius 1 is 1.19 bits per heavy atom. The summed E-state index contributed by atoms with van der Waals surface area (Å²) < 4.78 is 70.4. The molecule has 0 aliphatic carbocycles. The maximum Gasteiger partial charge on any atom is 0.466 e. The van der Waals surface area contributed by atoms with Gasteiger partial charge in [-0.25, -0.2) is 4.39 Å². The highest BCUT2D eigenvalue weighted by atomic mass is 19.4. The summed E-state index contributed by atoms with van der Waals surface area (Å²) in [7, 11) is -1.10. The lowest BCUT2D eigenvalue weighted by atomic mass is 9.65. The second-order valence-electron chi connectivity index (χ2n) is 7.47. The van der Waals surface area contributed by atoms with E-state index >= 15 is 0 Å². The van der Waals surface area contributed by atoms with Crippen molar-refractivity contribution < 1.29 is 36.4 Å². The summed E-state index contributed by atoms with van der Waals surface area (Å²) in [6.45, 7) is 8.74. The van der Waals surface area contributed by atoms with Crippen molar-refractivity contribution in [1.29, 1.82) is 0 Å². The molecule has 0 aromatic heterocycles. The number of rotatable bonds is 5. The number of hydrogen-bond acceptors (Lipinski definition) is 4. The molecule has 1 aliphatic rings. The smallest absolute Gasteiger partial charge is 0.466 e. The van der Waals surface area contributed by atoms with E-state index in [-0.39, 0.29) is 18.6 Å². The van der Waals surface area contributed by atoms with Crippen molar-refractivity contribution in [3.63, 3.8) is 0 Å². The first-order valence-electron chi connectivity index (χ1n) is 8.66. The second kappa shape index (κ2) is 7.43. The van der Waals surface area contributed by atoms with Crippen molar-refractivity contribution in [2.45, 2.75) is 64.2 Å². The molecule has 0 radical (unpaired) electrons. The minimum absolute atomic E-state index is 0.0972. The lowest BCUT2D eigenvalue weighted by molar-refractivity contribution is -0.143. The van der Waals surface area contributed by atoms with Gasteiger partial charge in [0.2, 0.25) is 0 Å². The minimum Gasteiger partial charge on any atom is -0.466 e. The van der Waals surface area contributed by atoms with Crippen LogP contribution in [0.5, 0.6) is 0 Å². The maximum atomic E-state index is 14.5. The molecule has 1 aromatic carbocycles. The maximum absolute atomic E-state index is 14.5. The number of esters is 1. The van der Waals surface area contributed by atoms with Gasteiger partial charge in [-0.05, 0) is 58.4 Å². The number of ether oxygens (including phenoxy) is 1. The number of hydrogen-bond donors (Lipinski definition) is 0. The van der Waals surface area contributed by atoms with Crippen molar-refractivity contribution >= 4 is 13.1 Å². The van der Waals surface area contributed by atoms with Crippen LogP contribution in [0, 0.1) is 5.82 Å². The van der Waals surface area contributed by atoms with E-state index in [4.69, 9.17) is 14.0 Å². The molecule has 4 nitrogen and oxygen atoms in total. The predicted octanol–water partition coefficient (Wildman–Crippen LogP) is 4.51. The first-order chi connectivity index (χ1) is 12.3. The summed E-state index contributed by atoms with van der Waals surface area (Å²) in [5.41, 5.74) is -2.88. The first kappa shape index (κ1) is 21.7. The van der Waals surface area contributed by atoms with E-state index in [2.05, 4.69) is 0 Å². The minimum atomic E-state index is -4.65. The number of benzene rings is 1. The van der Waals surface area contributed by atoms with Crippen molar-refractivity contribution in [1.82, 2.24) is 0 Å². The Morgan fingerprint density at radius 2 is 1.74 bits per heavy atom. The zero-order valence-corrected chi connectivity index (χ0v) is 15.9. The van der Waals surface area contributed by atoms with Crippen LogP contribution in [0.25, 0.3) is 0 Å². The summed E-state index contributed by atoms with van der Waals surface area (Å²) >= 11 is 0. The van der Waals surface area contributed by atoms with Crippen LogP contribution in [0.3, 0.4) is 0 Å². The van der Waals surface area contributed by atoms with E-state index in [9.17, 15) is 22.4 Å². The van der Waals surface area contributed by atoms with Crippen LogP contribution in [-0.4, -0.2) is 30.9 Å². The first-order valence-corrected chi connectivity index (χ1v) is 8.66. The molecule has 1 atom stereocenters. The van der Waals surface area contributed by atoms with Gasteiger partial charge in [0.25, 0.3) is 0 Å². The molecule has 0 spiro atoms. The largest absolute Gasteiger partial charge is 0.466 e. The molecule has 1 aromatic rings. The number of alkyl halides is 3. The van der Waals surface area contributed by atoms with Crippen LogP contribution in [0.15, 0.2) is 18.2 Å². The van der Waals surface area contributed by atoms with E-state index in [0.717, 1.165) is 6.07 Å². The summed E-state index contributed by atoms with van der Waals surface area (Å²) in [6, 6.07) is 2.09. The molecule has 9 heteroatoms. The number of carbonyl (C=O) groups is 1. The van der Waals surface area contributed by atoms with Gasteiger partial charge < -0.3 is 14.0 Å². The van der Waals surface area contributed by atoms with E-state index in [1.54, 1.807) is 34.6 Å². The van der Waals surface area contributed by atoms with Crippen molar-refractivity contribution in [2.75, 3.05) is 6.61 Å². The van der Waals surface area contributed by atoms with Gasteiger partial charge in [-0.3, -0.25) is 4.79 Å². The second-order valence-corrected chi connectivity index (χ2v) is 7.47. The molecule has 0 bridgehead atoms. The summed E-state index contributed by atoms with van der Waals surface area (Å²) in [6.07, 6.45) is -5.02. The van der Waals surface area contributed by atoms with Gasteiger partial charge >= 0.3 is 19.3 Å². The van der Waals surface area contributed by atoms with Gasteiger partial charge in [0.15, 0.2) is 0 Å². The number of carbonyl (C=O) groups excluding carboxylic acids is 1. The fraction of sp³-hybridized carbons (Fsp3) is 0.611. The van der Waals surface area contributed by atoms with Crippen LogP contribution in [0.4, 0.5) is 17.6 Å². The Hall–Kier alpha value is -1.61. The quantitative estimate of drug-likeness (QED) is 0.422. The molecule has 2 rings (SSSR count). The number of halogens is 4. The third-order valence-corrected chi connectivity index (χ3v) is 5.01. The van der Waals surface area contributed by atoms with Crippen LogP contribution < -0.4 is 0 Å². The van der Waals surface area contributed by atoms with Gasteiger partial charge in [-0.15, -0.1) is 0 Å². The highest BCUT2D eigenvalue weighted by Crippen LogP contribution is 2.43. The van der Waals surface area contributed by atoms with Gasteiger partial charge in [-0.1, -0.05) is 0 Å². The fourth-order valence-electron chi connectivity index (χ4n) is 2.81. The SMILES string of the molecule is CCOC(=O)CC(B1OC(C)(C)C(C)(C)O1)c1cc(C(F)(F)F)ccc1F.